The van der Waals surface area contributed by atoms with Gasteiger partial charge in [0.15, 0.2) is 0 Å². The van der Waals surface area contributed by atoms with E-state index in [0.29, 0.717) is 10.8 Å². The number of anilines is 1. The van der Waals surface area contributed by atoms with Gasteiger partial charge in [-0.25, -0.2) is 4.98 Å². The molecule has 3 nitrogen and oxygen atoms in total. The largest absolute Gasteiger partial charge is 0.383 e. The SMILES string of the molecule is Cc1c(Br)ccc2nc(-c3cc(Cl)ccc3Br)c(N)n12. The quantitative estimate of drug-likeness (QED) is 0.603. The summed E-state index contributed by atoms with van der Waals surface area (Å²) in [4.78, 5) is 4.61. The first kappa shape index (κ1) is 13.9. The van der Waals surface area contributed by atoms with Gasteiger partial charge in [0.05, 0.1) is 0 Å². The van der Waals surface area contributed by atoms with Crippen LogP contribution in [0.25, 0.3) is 16.9 Å². The Morgan fingerprint density at radius 3 is 2.60 bits per heavy atom. The molecule has 0 amide bonds. The third kappa shape index (κ3) is 2.14. The van der Waals surface area contributed by atoms with Gasteiger partial charge in [0.2, 0.25) is 0 Å². The molecule has 0 saturated carbocycles. The number of rotatable bonds is 1. The van der Waals surface area contributed by atoms with Crippen molar-refractivity contribution in [2.75, 3.05) is 5.73 Å². The minimum atomic E-state index is 0.599. The van der Waals surface area contributed by atoms with Crippen molar-refractivity contribution in [3.63, 3.8) is 0 Å². The molecule has 3 aromatic rings. The number of pyridine rings is 1. The first-order valence-electron chi connectivity index (χ1n) is 5.87. The lowest BCUT2D eigenvalue weighted by atomic mass is 10.1. The topological polar surface area (TPSA) is 43.3 Å². The average molecular weight is 416 g/mol. The molecular weight excluding hydrogens is 405 g/mol. The van der Waals surface area contributed by atoms with Gasteiger partial charge in [0.1, 0.15) is 17.2 Å². The van der Waals surface area contributed by atoms with E-state index in [1.54, 1.807) is 0 Å². The van der Waals surface area contributed by atoms with Gasteiger partial charge in [-0.1, -0.05) is 27.5 Å². The second-order valence-electron chi connectivity index (χ2n) is 4.43. The Bertz CT molecular complexity index is 827. The summed E-state index contributed by atoms with van der Waals surface area (Å²) < 4.78 is 3.83. The molecule has 3 rings (SSSR count). The molecule has 0 aliphatic rings. The number of nitrogen functional groups attached to an aromatic ring is 1. The van der Waals surface area contributed by atoms with E-state index in [1.807, 2.05) is 41.7 Å². The standard InChI is InChI=1S/C14H10Br2ClN3/c1-7-10(15)4-5-12-19-13(14(18)20(7)12)9-6-8(17)2-3-11(9)16/h2-6H,18H2,1H3. The third-order valence-electron chi connectivity index (χ3n) is 3.18. The summed E-state index contributed by atoms with van der Waals surface area (Å²) in [5.74, 6) is 0.599. The predicted molar refractivity (Wildman–Crippen MR) is 90.2 cm³/mol. The van der Waals surface area contributed by atoms with Gasteiger partial charge in [0.25, 0.3) is 0 Å². The van der Waals surface area contributed by atoms with Crippen molar-refractivity contribution >= 4 is 54.9 Å². The fourth-order valence-corrected chi connectivity index (χ4v) is 3.08. The number of imidazole rings is 1. The number of aromatic nitrogens is 2. The fraction of sp³-hybridized carbons (Fsp3) is 0.0714. The van der Waals surface area contributed by atoms with Gasteiger partial charge >= 0.3 is 0 Å². The van der Waals surface area contributed by atoms with Crippen LogP contribution in [0, 0.1) is 6.92 Å². The Kier molecular flexibility index (Phi) is 3.52. The van der Waals surface area contributed by atoms with Crippen LogP contribution in [0.5, 0.6) is 0 Å². The van der Waals surface area contributed by atoms with Crippen molar-refractivity contribution in [2.45, 2.75) is 6.92 Å². The highest BCUT2D eigenvalue weighted by molar-refractivity contribution is 9.10. The number of nitrogens with zero attached hydrogens (tertiary/aromatic N) is 2. The maximum Gasteiger partial charge on any atom is 0.139 e. The Morgan fingerprint density at radius 1 is 1.15 bits per heavy atom. The van der Waals surface area contributed by atoms with Gasteiger partial charge in [-0.05, 0) is 53.2 Å². The summed E-state index contributed by atoms with van der Waals surface area (Å²) in [5.41, 5.74) is 9.70. The van der Waals surface area contributed by atoms with Crippen LogP contribution in [0.3, 0.4) is 0 Å². The second-order valence-corrected chi connectivity index (χ2v) is 6.58. The average Bonchev–Trinajstić information content (AvgIpc) is 2.75. The molecule has 0 saturated heterocycles. The van der Waals surface area contributed by atoms with E-state index in [4.69, 9.17) is 17.3 Å². The maximum atomic E-state index is 6.28. The molecule has 0 radical (unpaired) electrons. The molecule has 0 atom stereocenters. The Balaban J connectivity index is 2.35. The van der Waals surface area contributed by atoms with Gasteiger partial charge in [-0.15, -0.1) is 0 Å². The smallest absolute Gasteiger partial charge is 0.139 e. The van der Waals surface area contributed by atoms with E-state index in [-0.39, 0.29) is 0 Å². The summed E-state index contributed by atoms with van der Waals surface area (Å²) in [6.07, 6.45) is 0. The molecule has 6 heteroatoms. The number of halogens is 3. The third-order valence-corrected chi connectivity index (χ3v) is 4.95. The lowest BCUT2D eigenvalue weighted by Gasteiger charge is -2.05. The molecule has 2 N–H and O–H groups in total. The van der Waals surface area contributed by atoms with E-state index < -0.39 is 0 Å². The molecule has 0 aliphatic carbocycles. The molecule has 0 fully saturated rings. The van der Waals surface area contributed by atoms with Crippen molar-refractivity contribution < 1.29 is 0 Å². The molecule has 102 valence electrons. The Hall–Kier alpha value is -1.04. The summed E-state index contributed by atoms with van der Waals surface area (Å²) in [5, 5.41) is 0.651. The normalized spacial score (nSPS) is 11.2. The molecule has 2 heterocycles. The van der Waals surface area contributed by atoms with Crippen LogP contribution >= 0.6 is 43.5 Å². The van der Waals surface area contributed by atoms with Gasteiger partial charge in [-0.2, -0.15) is 0 Å². The van der Waals surface area contributed by atoms with E-state index in [9.17, 15) is 0 Å². The molecule has 2 aromatic heterocycles. The van der Waals surface area contributed by atoms with Crippen molar-refractivity contribution in [3.05, 3.63) is 50.0 Å². The number of hydrogen-bond acceptors (Lipinski definition) is 2. The summed E-state index contributed by atoms with van der Waals surface area (Å²) in [7, 11) is 0. The van der Waals surface area contributed by atoms with Crippen LogP contribution in [0.4, 0.5) is 5.82 Å². The Labute approximate surface area is 138 Å². The van der Waals surface area contributed by atoms with Crippen molar-refractivity contribution in [2.24, 2.45) is 0 Å². The van der Waals surface area contributed by atoms with Gasteiger partial charge in [-0.3, -0.25) is 4.40 Å². The highest BCUT2D eigenvalue weighted by atomic mass is 79.9. The maximum absolute atomic E-state index is 6.28. The van der Waals surface area contributed by atoms with E-state index >= 15 is 0 Å². The molecule has 0 bridgehead atoms. The van der Waals surface area contributed by atoms with Crippen LogP contribution in [0.2, 0.25) is 5.02 Å². The molecule has 0 unspecified atom stereocenters. The van der Waals surface area contributed by atoms with Crippen LogP contribution in [0.1, 0.15) is 5.69 Å². The zero-order valence-electron chi connectivity index (χ0n) is 10.5. The number of fused-ring (bicyclic) bond motifs is 1. The number of benzene rings is 1. The number of aryl methyl sites for hydroxylation is 1. The lowest BCUT2D eigenvalue weighted by molar-refractivity contribution is 1.09. The molecule has 0 aliphatic heterocycles. The molecule has 0 spiro atoms. The molecular formula is C14H10Br2ClN3. The predicted octanol–water partition coefficient (Wildman–Crippen LogP) is 5.07. The van der Waals surface area contributed by atoms with Crippen LogP contribution in [0.15, 0.2) is 39.3 Å². The Morgan fingerprint density at radius 2 is 1.85 bits per heavy atom. The minimum absolute atomic E-state index is 0.599. The monoisotopic (exact) mass is 413 g/mol. The summed E-state index contributed by atoms with van der Waals surface area (Å²) in [6, 6.07) is 9.46. The number of hydrogen-bond donors (Lipinski definition) is 1. The fourth-order valence-electron chi connectivity index (χ4n) is 2.17. The van der Waals surface area contributed by atoms with E-state index in [2.05, 4.69) is 36.8 Å². The molecule has 20 heavy (non-hydrogen) atoms. The van der Waals surface area contributed by atoms with Crippen molar-refractivity contribution in [1.29, 1.82) is 0 Å². The summed E-state index contributed by atoms with van der Waals surface area (Å²) >= 11 is 13.1. The van der Waals surface area contributed by atoms with Crippen LogP contribution in [-0.4, -0.2) is 9.38 Å². The van der Waals surface area contributed by atoms with Gasteiger partial charge < -0.3 is 5.73 Å². The van der Waals surface area contributed by atoms with E-state index in [0.717, 1.165) is 31.5 Å². The highest BCUT2D eigenvalue weighted by Crippen LogP contribution is 2.35. The molecule has 1 aromatic carbocycles. The van der Waals surface area contributed by atoms with Gasteiger partial charge in [0, 0.05) is 25.2 Å². The zero-order valence-corrected chi connectivity index (χ0v) is 14.4. The van der Waals surface area contributed by atoms with Crippen LogP contribution in [-0.2, 0) is 0 Å². The van der Waals surface area contributed by atoms with E-state index in [1.165, 1.54) is 0 Å². The zero-order chi connectivity index (χ0) is 14.4. The first-order chi connectivity index (χ1) is 9.49. The van der Waals surface area contributed by atoms with Crippen molar-refractivity contribution in [1.82, 2.24) is 9.38 Å². The van der Waals surface area contributed by atoms with Crippen molar-refractivity contribution in [3.8, 4) is 11.3 Å². The summed E-state index contributed by atoms with van der Waals surface area (Å²) in [6.45, 7) is 1.99. The second kappa shape index (κ2) is 5.06. The number of nitrogens with two attached hydrogens (primary N) is 1. The minimum Gasteiger partial charge on any atom is -0.383 e. The lowest BCUT2D eigenvalue weighted by Crippen LogP contribution is -1.98. The first-order valence-corrected chi connectivity index (χ1v) is 7.84. The van der Waals surface area contributed by atoms with Crippen LogP contribution < -0.4 is 5.73 Å². The highest BCUT2D eigenvalue weighted by Gasteiger charge is 2.16.